The SMILES string of the molecule is C#C.C#C.C#C.C=C.CC(C)(C)C(Nc1cc(Cl)cc(Cl)n1)C(=O)N1CCC[C@H]1C(=O)NC1CC1.COc1c[nH]c(=O)c2cc(Cl)ccc12.O=CNS(=O)C1CC1. The lowest BCUT2D eigenvalue weighted by atomic mass is 9.85. The van der Waals surface area contributed by atoms with Crippen molar-refractivity contribution in [1.82, 2.24) is 24.9 Å². The molecule has 2 aromatic heterocycles. The van der Waals surface area contributed by atoms with E-state index in [2.05, 4.69) is 77.0 Å². The lowest BCUT2D eigenvalue weighted by molar-refractivity contribution is -0.140. The molecule has 2 aliphatic carbocycles. The van der Waals surface area contributed by atoms with Crippen molar-refractivity contribution < 1.29 is 23.3 Å². The molecule has 57 heavy (non-hydrogen) atoms. The summed E-state index contributed by atoms with van der Waals surface area (Å²) in [6.45, 7) is 12.5. The number of carbonyl (C=O) groups is 3. The Labute approximate surface area is 353 Å². The van der Waals surface area contributed by atoms with Crippen LogP contribution in [-0.2, 0) is 25.4 Å². The fourth-order valence-electron chi connectivity index (χ4n) is 5.13. The number of hydrogen-bond donors (Lipinski definition) is 4. The second-order valence-electron chi connectivity index (χ2n) is 13.0. The molecular formula is C41H51Cl3N6O6S. The molecule has 3 fully saturated rings. The highest BCUT2D eigenvalue weighted by Crippen LogP contribution is 2.30. The maximum Gasteiger partial charge on any atom is 0.256 e. The normalized spacial score (nSPS) is 15.8. The summed E-state index contributed by atoms with van der Waals surface area (Å²) in [6, 6.07) is 7.62. The molecule has 2 saturated carbocycles. The third-order valence-corrected chi connectivity index (χ3v) is 10.0. The number of ether oxygens (including phenoxy) is 1. The number of likely N-dealkylation sites (tertiary alicyclic amines) is 1. The first-order chi connectivity index (χ1) is 27.2. The van der Waals surface area contributed by atoms with Crippen LogP contribution in [0.5, 0.6) is 5.75 Å². The molecule has 1 saturated heterocycles. The average Bonchev–Trinajstić information content (AvgIpc) is 4.15. The molecule has 0 bridgehead atoms. The largest absolute Gasteiger partial charge is 0.495 e. The van der Waals surface area contributed by atoms with Gasteiger partial charge in [0.25, 0.3) is 5.56 Å². The topological polar surface area (TPSA) is 163 Å². The van der Waals surface area contributed by atoms with Crippen molar-refractivity contribution in [3.63, 3.8) is 0 Å². The summed E-state index contributed by atoms with van der Waals surface area (Å²) in [4.78, 5) is 55.5. The number of halogens is 3. The van der Waals surface area contributed by atoms with E-state index in [1.165, 1.54) is 0 Å². The van der Waals surface area contributed by atoms with Crippen molar-refractivity contribution in [1.29, 1.82) is 0 Å². The minimum absolute atomic E-state index is 0.0417. The second-order valence-corrected chi connectivity index (χ2v) is 15.8. The van der Waals surface area contributed by atoms with Crippen LogP contribution in [0, 0.1) is 44.0 Å². The van der Waals surface area contributed by atoms with E-state index in [0.717, 1.165) is 37.5 Å². The van der Waals surface area contributed by atoms with Crippen LogP contribution < -0.4 is 25.7 Å². The Morgan fingerprint density at radius 3 is 2.11 bits per heavy atom. The fraction of sp³-hybridized carbons (Fsp3) is 0.390. The number of hydrogen-bond acceptors (Lipinski definition) is 8. The predicted octanol–water partition coefficient (Wildman–Crippen LogP) is 6.78. The lowest BCUT2D eigenvalue weighted by Crippen LogP contribution is -2.54. The maximum absolute atomic E-state index is 13.4. The number of benzene rings is 1. The number of aromatic amines is 1. The maximum atomic E-state index is 13.4. The number of carbonyl (C=O) groups excluding carboxylic acids is 3. The molecule has 6 rings (SSSR count). The van der Waals surface area contributed by atoms with Crippen LogP contribution in [0.4, 0.5) is 5.82 Å². The first kappa shape index (κ1) is 52.0. The number of fused-ring (bicyclic) bond motifs is 1. The third kappa shape index (κ3) is 17.4. The van der Waals surface area contributed by atoms with Gasteiger partial charge >= 0.3 is 0 Å². The molecule has 0 spiro atoms. The van der Waals surface area contributed by atoms with E-state index in [4.69, 9.17) is 39.5 Å². The molecular weight excluding hydrogens is 811 g/mol. The van der Waals surface area contributed by atoms with Gasteiger partial charge in [-0.25, -0.2) is 9.19 Å². The molecule has 3 atom stereocenters. The van der Waals surface area contributed by atoms with Crippen molar-refractivity contribution in [3.8, 4) is 44.3 Å². The van der Waals surface area contributed by atoms with E-state index in [0.29, 0.717) is 46.4 Å². The number of methoxy groups -OCH3 is 1. The molecule has 2 unspecified atom stereocenters. The molecule has 308 valence electrons. The Morgan fingerprint density at radius 2 is 1.60 bits per heavy atom. The number of rotatable bonds is 9. The molecule has 16 heteroatoms. The molecule has 3 aromatic rings. The summed E-state index contributed by atoms with van der Waals surface area (Å²) in [7, 11) is 0.479. The van der Waals surface area contributed by atoms with E-state index in [-0.39, 0.29) is 33.8 Å². The summed E-state index contributed by atoms with van der Waals surface area (Å²) < 4.78 is 17.9. The molecule has 4 N–H and O–H groups in total. The highest BCUT2D eigenvalue weighted by molar-refractivity contribution is 7.84. The molecule has 3 aliphatic rings. The van der Waals surface area contributed by atoms with Crippen LogP contribution in [0.25, 0.3) is 10.8 Å². The van der Waals surface area contributed by atoms with Crippen molar-refractivity contribution in [3.05, 3.63) is 75.2 Å². The standard InChI is InChI=1S/C19H26Cl2N4O2.C10H8ClNO2.C4H7NO2S.C2H4.3C2H2/c1-19(2,3)16(24-15-10-11(20)9-14(21)23-15)18(27)25-8-4-5-13(25)17(26)22-12-6-7-12;1-14-9-5-12-10(13)8-4-6(11)2-3-7(8)9;6-3-5-8(7)4-1-2-4;4*1-2/h9-10,12-13,16H,4-8H2,1-3H3,(H,22,26)(H,23,24);2-5H,1H3,(H,12,13);3-4H,1-2H2,(H,5,6);1-2H2;3*1-2H/t13-,16?;;;;;;/m0....../s1. The number of anilines is 1. The van der Waals surface area contributed by atoms with Gasteiger partial charge in [-0.3, -0.25) is 23.9 Å². The van der Waals surface area contributed by atoms with Gasteiger partial charge in [-0.15, -0.1) is 51.7 Å². The van der Waals surface area contributed by atoms with Gasteiger partial charge in [0.1, 0.15) is 39.8 Å². The van der Waals surface area contributed by atoms with Gasteiger partial charge in [-0.1, -0.05) is 55.6 Å². The molecule has 3 amide bonds. The Kier molecular flexibility index (Phi) is 24.5. The van der Waals surface area contributed by atoms with Crippen molar-refractivity contribution >= 4 is 80.6 Å². The summed E-state index contributed by atoms with van der Waals surface area (Å²) in [5.74, 6) is 0.934. The number of terminal acetylenes is 3. The first-order valence-corrected chi connectivity index (χ1v) is 19.7. The number of nitrogens with one attached hydrogen (secondary N) is 4. The second kappa shape index (κ2) is 26.8. The zero-order valence-corrected chi connectivity index (χ0v) is 35.6. The predicted molar refractivity (Wildman–Crippen MR) is 234 cm³/mol. The monoisotopic (exact) mass is 860 g/mol. The van der Waals surface area contributed by atoms with Gasteiger partial charge in [0.15, 0.2) is 0 Å². The van der Waals surface area contributed by atoms with E-state index in [1.807, 2.05) is 20.8 Å². The highest BCUT2D eigenvalue weighted by Gasteiger charge is 2.42. The van der Waals surface area contributed by atoms with Crippen molar-refractivity contribution in [2.45, 2.75) is 82.7 Å². The van der Waals surface area contributed by atoms with Crippen LogP contribution in [0.3, 0.4) is 0 Å². The molecule has 12 nitrogen and oxygen atoms in total. The molecule has 3 heterocycles. The quantitative estimate of drug-likeness (QED) is 0.0793. The smallest absolute Gasteiger partial charge is 0.256 e. The molecule has 1 aromatic carbocycles. The summed E-state index contributed by atoms with van der Waals surface area (Å²) in [5.41, 5.74) is -0.559. The van der Waals surface area contributed by atoms with Crippen molar-refractivity contribution in [2.75, 3.05) is 19.0 Å². The highest BCUT2D eigenvalue weighted by atomic mass is 35.5. The number of aromatic nitrogens is 2. The van der Waals surface area contributed by atoms with Crippen LogP contribution in [0.2, 0.25) is 15.2 Å². The lowest BCUT2D eigenvalue weighted by Gasteiger charge is -2.35. The van der Waals surface area contributed by atoms with Crippen LogP contribution in [0.15, 0.2) is 54.5 Å². The molecule has 1 aliphatic heterocycles. The number of amides is 3. The Bertz CT molecular complexity index is 1870. The number of nitrogens with zero attached hydrogens (tertiary/aromatic N) is 2. The fourth-order valence-corrected chi connectivity index (χ4v) is 6.63. The average molecular weight is 862 g/mol. The number of H-pyrrole nitrogens is 1. The van der Waals surface area contributed by atoms with Crippen molar-refractivity contribution in [2.24, 2.45) is 5.41 Å². The summed E-state index contributed by atoms with van der Waals surface area (Å²) in [6.07, 6.45) is 31.6. The molecule has 0 radical (unpaired) electrons. The minimum atomic E-state index is -1.08. The van der Waals surface area contributed by atoms with Crippen LogP contribution in [-0.4, -0.2) is 74.3 Å². The van der Waals surface area contributed by atoms with Gasteiger partial charge in [0.05, 0.1) is 17.7 Å². The van der Waals surface area contributed by atoms with Gasteiger partial charge in [-0.05, 0) is 74.3 Å². The minimum Gasteiger partial charge on any atom is -0.495 e. The zero-order chi connectivity index (χ0) is 43.9. The van der Waals surface area contributed by atoms with E-state index < -0.39 is 28.5 Å². The van der Waals surface area contributed by atoms with Gasteiger partial charge in [0.2, 0.25) is 18.2 Å². The van der Waals surface area contributed by atoms with Gasteiger partial charge < -0.3 is 25.3 Å². The Morgan fingerprint density at radius 1 is 0.982 bits per heavy atom. The number of pyridine rings is 2. The van der Waals surface area contributed by atoms with E-state index in [1.54, 1.807) is 48.5 Å². The zero-order valence-electron chi connectivity index (χ0n) is 32.6. The Hall–Kier alpha value is -4.97. The summed E-state index contributed by atoms with van der Waals surface area (Å²) in [5, 5.41) is 9.00. The first-order valence-electron chi connectivity index (χ1n) is 17.4. The van der Waals surface area contributed by atoms with E-state index in [9.17, 15) is 23.4 Å². The van der Waals surface area contributed by atoms with Gasteiger partial charge in [-0.2, -0.15) is 0 Å². The Balaban J connectivity index is 0.000000869. The third-order valence-electron chi connectivity index (χ3n) is 7.96. The van der Waals surface area contributed by atoms with E-state index >= 15 is 0 Å². The summed E-state index contributed by atoms with van der Waals surface area (Å²) >= 11 is 17.8. The van der Waals surface area contributed by atoms with Gasteiger partial charge in [0, 0.05) is 34.2 Å². The van der Waals surface area contributed by atoms with Crippen LogP contribution >= 0.6 is 34.8 Å². The van der Waals surface area contributed by atoms with Crippen LogP contribution in [0.1, 0.15) is 59.3 Å².